The van der Waals surface area contributed by atoms with E-state index in [0.29, 0.717) is 11.3 Å². The van der Waals surface area contributed by atoms with Gasteiger partial charge >= 0.3 is 0 Å². The number of rotatable bonds is 2. The van der Waals surface area contributed by atoms with Crippen molar-refractivity contribution in [1.29, 1.82) is 0 Å². The Morgan fingerprint density at radius 3 is 2.78 bits per heavy atom. The molecule has 0 spiro atoms. The molecule has 3 aromatic rings. The topological polar surface area (TPSA) is 55.1 Å². The van der Waals surface area contributed by atoms with Crippen molar-refractivity contribution in [2.24, 2.45) is 0 Å². The lowest BCUT2D eigenvalue weighted by atomic mass is 10.2. The minimum atomic E-state index is 0.168. The minimum absolute atomic E-state index is 0.168. The molecule has 0 fully saturated rings. The maximum Gasteiger partial charge on any atom is 0.150 e. The fourth-order valence-electron chi connectivity index (χ4n) is 1.96. The van der Waals surface area contributed by atoms with Crippen molar-refractivity contribution in [2.75, 3.05) is 0 Å². The van der Waals surface area contributed by atoms with E-state index < -0.39 is 0 Å². The Balaban J connectivity index is 2.25. The number of aromatic nitrogens is 2. The van der Waals surface area contributed by atoms with Crippen LogP contribution < -0.4 is 0 Å². The van der Waals surface area contributed by atoms with Crippen LogP contribution in [0.4, 0.5) is 0 Å². The highest BCUT2D eigenvalue weighted by Gasteiger charge is 2.08. The smallest absolute Gasteiger partial charge is 0.150 e. The molecule has 0 aliphatic heterocycles. The van der Waals surface area contributed by atoms with Gasteiger partial charge in [0.05, 0.1) is 11.7 Å². The van der Waals surface area contributed by atoms with E-state index in [9.17, 15) is 9.90 Å². The summed E-state index contributed by atoms with van der Waals surface area (Å²) in [7, 11) is 0. The van der Waals surface area contributed by atoms with E-state index in [0.717, 1.165) is 17.2 Å². The van der Waals surface area contributed by atoms with Crippen LogP contribution >= 0.6 is 0 Å². The summed E-state index contributed by atoms with van der Waals surface area (Å²) >= 11 is 0. The van der Waals surface area contributed by atoms with Crippen molar-refractivity contribution in [3.05, 3.63) is 54.2 Å². The molecule has 0 saturated carbocycles. The predicted octanol–water partition coefficient (Wildman–Crippen LogP) is 2.54. The lowest BCUT2D eigenvalue weighted by Gasteiger charge is -2.05. The van der Waals surface area contributed by atoms with E-state index in [1.807, 2.05) is 12.1 Å². The van der Waals surface area contributed by atoms with Gasteiger partial charge in [-0.3, -0.25) is 4.79 Å². The molecule has 0 unspecified atom stereocenters. The summed E-state index contributed by atoms with van der Waals surface area (Å²) in [4.78, 5) is 10.7. The molecule has 0 radical (unpaired) electrons. The Morgan fingerprint density at radius 2 is 2.00 bits per heavy atom. The summed E-state index contributed by atoms with van der Waals surface area (Å²) in [5, 5.41) is 14.9. The average Bonchev–Trinajstić information content (AvgIpc) is 2.82. The van der Waals surface area contributed by atoms with Gasteiger partial charge in [-0.1, -0.05) is 12.1 Å². The molecule has 1 N–H and O–H groups in total. The van der Waals surface area contributed by atoms with E-state index in [1.165, 1.54) is 0 Å². The number of fused-ring (bicyclic) bond motifs is 1. The minimum Gasteiger partial charge on any atom is -0.506 e. The Hall–Kier alpha value is -2.62. The molecule has 3 rings (SSSR count). The van der Waals surface area contributed by atoms with E-state index in [4.69, 9.17) is 0 Å². The molecule has 0 amide bonds. The highest BCUT2D eigenvalue weighted by Crippen LogP contribution is 2.25. The van der Waals surface area contributed by atoms with Crippen LogP contribution in [0.2, 0.25) is 0 Å². The van der Waals surface area contributed by atoms with Crippen LogP contribution in [-0.4, -0.2) is 21.2 Å². The number of phenols is 1. The molecule has 0 atom stereocenters. The second-order valence-corrected chi connectivity index (χ2v) is 3.98. The van der Waals surface area contributed by atoms with Crippen molar-refractivity contribution in [1.82, 2.24) is 9.78 Å². The first-order valence-electron chi connectivity index (χ1n) is 5.51. The average molecular weight is 238 g/mol. The zero-order chi connectivity index (χ0) is 12.5. The summed E-state index contributed by atoms with van der Waals surface area (Å²) in [6.45, 7) is 0. The highest BCUT2D eigenvalue weighted by atomic mass is 16.3. The van der Waals surface area contributed by atoms with Crippen LogP contribution in [0.15, 0.2) is 48.7 Å². The van der Waals surface area contributed by atoms with Gasteiger partial charge in [-0.15, -0.1) is 0 Å². The third-order valence-electron chi connectivity index (χ3n) is 2.84. The standard InChI is InChI=1S/C14H10N2O2/c17-9-10-5-6-12-11(7-10)8-15-16(12)13-3-1-2-4-14(13)18/h1-9,18H. The number of aldehydes is 1. The van der Waals surface area contributed by atoms with Crippen LogP contribution in [0.25, 0.3) is 16.6 Å². The summed E-state index contributed by atoms with van der Waals surface area (Å²) in [5.41, 5.74) is 2.08. The van der Waals surface area contributed by atoms with Gasteiger partial charge in [0, 0.05) is 10.9 Å². The Morgan fingerprint density at radius 1 is 1.17 bits per heavy atom. The van der Waals surface area contributed by atoms with Gasteiger partial charge in [-0.25, -0.2) is 4.68 Å². The molecule has 0 aliphatic rings. The summed E-state index contributed by atoms with van der Waals surface area (Å²) in [5.74, 6) is 0.168. The van der Waals surface area contributed by atoms with E-state index in [-0.39, 0.29) is 5.75 Å². The van der Waals surface area contributed by atoms with Crippen LogP contribution in [0.5, 0.6) is 5.75 Å². The predicted molar refractivity (Wildman–Crippen MR) is 68.1 cm³/mol. The number of hydrogen-bond donors (Lipinski definition) is 1. The number of nitrogens with zero attached hydrogens (tertiary/aromatic N) is 2. The molecule has 0 saturated heterocycles. The zero-order valence-electron chi connectivity index (χ0n) is 9.45. The van der Waals surface area contributed by atoms with Crippen LogP contribution in [0.1, 0.15) is 10.4 Å². The number of aromatic hydroxyl groups is 1. The zero-order valence-corrected chi connectivity index (χ0v) is 9.45. The van der Waals surface area contributed by atoms with Crippen molar-refractivity contribution >= 4 is 17.2 Å². The molecule has 18 heavy (non-hydrogen) atoms. The van der Waals surface area contributed by atoms with E-state index in [1.54, 1.807) is 41.2 Å². The molecular weight excluding hydrogens is 228 g/mol. The molecule has 2 aromatic carbocycles. The summed E-state index contributed by atoms with van der Waals surface area (Å²) < 4.78 is 1.65. The SMILES string of the molecule is O=Cc1ccc2c(cnn2-c2ccccc2O)c1. The Kier molecular flexibility index (Phi) is 2.34. The molecular formula is C14H10N2O2. The summed E-state index contributed by atoms with van der Waals surface area (Å²) in [6.07, 6.45) is 2.48. The molecule has 4 heteroatoms. The van der Waals surface area contributed by atoms with Crippen LogP contribution in [0, 0.1) is 0 Å². The molecule has 0 bridgehead atoms. The molecule has 1 aromatic heterocycles. The molecule has 88 valence electrons. The lowest BCUT2D eigenvalue weighted by molar-refractivity contribution is 0.112. The molecule has 4 nitrogen and oxygen atoms in total. The quantitative estimate of drug-likeness (QED) is 0.698. The first kappa shape index (κ1) is 10.5. The number of carbonyl (C=O) groups is 1. The molecule has 0 aliphatic carbocycles. The Bertz CT molecular complexity index is 731. The first-order valence-corrected chi connectivity index (χ1v) is 5.51. The van der Waals surface area contributed by atoms with E-state index >= 15 is 0 Å². The largest absolute Gasteiger partial charge is 0.506 e. The van der Waals surface area contributed by atoms with Crippen molar-refractivity contribution in [3.63, 3.8) is 0 Å². The number of hydrogen-bond acceptors (Lipinski definition) is 3. The molecule has 1 heterocycles. The fraction of sp³-hybridized carbons (Fsp3) is 0. The van der Waals surface area contributed by atoms with Gasteiger partial charge in [0.25, 0.3) is 0 Å². The van der Waals surface area contributed by atoms with Gasteiger partial charge in [-0.2, -0.15) is 5.10 Å². The number of carbonyl (C=O) groups excluding carboxylic acids is 1. The van der Waals surface area contributed by atoms with Crippen LogP contribution in [-0.2, 0) is 0 Å². The van der Waals surface area contributed by atoms with Crippen LogP contribution in [0.3, 0.4) is 0 Å². The normalized spacial score (nSPS) is 10.7. The second-order valence-electron chi connectivity index (χ2n) is 3.98. The van der Waals surface area contributed by atoms with Gasteiger partial charge in [0.1, 0.15) is 17.7 Å². The number of para-hydroxylation sites is 2. The van der Waals surface area contributed by atoms with Gasteiger partial charge < -0.3 is 5.11 Å². The third-order valence-corrected chi connectivity index (χ3v) is 2.84. The van der Waals surface area contributed by atoms with Crippen molar-refractivity contribution in [2.45, 2.75) is 0 Å². The number of phenolic OH excluding ortho intramolecular Hbond substituents is 1. The maximum absolute atomic E-state index is 10.7. The van der Waals surface area contributed by atoms with Gasteiger partial charge in [0.2, 0.25) is 0 Å². The van der Waals surface area contributed by atoms with Gasteiger partial charge in [-0.05, 0) is 30.3 Å². The third kappa shape index (κ3) is 1.55. The maximum atomic E-state index is 10.7. The van der Waals surface area contributed by atoms with Crippen molar-refractivity contribution in [3.8, 4) is 11.4 Å². The van der Waals surface area contributed by atoms with Gasteiger partial charge in [0.15, 0.2) is 0 Å². The van der Waals surface area contributed by atoms with Crippen molar-refractivity contribution < 1.29 is 9.90 Å². The second kappa shape index (κ2) is 4.00. The fourth-order valence-corrected chi connectivity index (χ4v) is 1.96. The first-order chi connectivity index (χ1) is 8.79. The monoisotopic (exact) mass is 238 g/mol. The number of benzene rings is 2. The Labute approximate surface area is 103 Å². The van der Waals surface area contributed by atoms with E-state index in [2.05, 4.69) is 5.10 Å². The highest BCUT2D eigenvalue weighted by molar-refractivity contribution is 5.87. The summed E-state index contributed by atoms with van der Waals surface area (Å²) in [6, 6.07) is 12.3. The lowest BCUT2D eigenvalue weighted by Crippen LogP contribution is -1.96.